The van der Waals surface area contributed by atoms with Crippen LogP contribution in [0.2, 0.25) is 0 Å². The van der Waals surface area contributed by atoms with E-state index in [2.05, 4.69) is 0 Å². The Bertz CT molecular complexity index is 451. The molecule has 90 valence electrons. The SMILES string of the molecule is CCCS(=O)(=O)c1ccc(OC)cc1OC. The summed E-state index contributed by atoms with van der Waals surface area (Å²) in [5, 5.41) is 0. The van der Waals surface area contributed by atoms with Crippen molar-refractivity contribution >= 4 is 9.84 Å². The third-order valence-corrected chi connectivity index (χ3v) is 4.13. The molecule has 0 saturated carbocycles. The molecule has 1 rings (SSSR count). The highest BCUT2D eigenvalue weighted by Gasteiger charge is 2.18. The van der Waals surface area contributed by atoms with E-state index < -0.39 is 9.84 Å². The van der Waals surface area contributed by atoms with E-state index in [9.17, 15) is 8.42 Å². The van der Waals surface area contributed by atoms with Gasteiger partial charge in [-0.3, -0.25) is 0 Å². The Balaban J connectivity index is 3.24. The highest BCUT2D eigenvalue weighted by atomic mass is 32.2. The van der Waals surface area contributed by atoms with Crippen molar-refractivity contribution in [2.75, 3.05) is 20.0 Å². The van der Waals surface area contributed by atoms with Crippen molar-refractivity contribution in [1.29, 1.82) is 0 Å². The largest absolute Gasteiger partial charge is 0.497 e. The Labute approximate surface area is 96.1 Å². The van der Waals surface area contributed by atoms with Gasteiger partial charge in [0.05, 0.1) is 20.0 Å². The van der Waals surface area contributed by atoms with Crippen molar-refractivity contribution in [2.24, 2.45) is 0 Å². The first-order valence-corrected chi connectivity index (χ1v) is 6.65. The second-order valence-corrected chi connectivity index (χ2v) is 5.41. The average Bonchev–Trinajstić information content (AvgIpc) is 2.28. The van der Waals surface area contributed by atoms with Crippen molar-refractivity contribution in [3.8, 4) is 11.5 Å². The van der Waals surface area contributed by atoms with Gasteiger partial charge in [-0.2, -0.15) is 0 Å². The lowest BCUT2D eigenvalue weighted by atomic mass is 10.3. The lowest BCUT2D eigenvalue weighted by Crippen LogP contribution is -2.07. The molecular formula is C11H16O4S. The molecule has 0 aliphatic carbocycles. The van der Waals surface area contributed by atoms with Gasteiger partial charge in [0.1, 0.15) is 16.4 Å². The smallest absolute Gasteiger partial charge is 0.182 e. The maximum Gasteiger partial charge on any atom is 0.182 e. The fourth-order valence-electron chi connectivity index (χ4n) is 1.41. The maximum absolute atomic E-state index is 11.9. The van der Waals surface area contributed by atoms with Crippen LogP contribution in [0.5, 0.6) is 11.5 Å². The fraction of sp³-hybridized carbons (Fsp3) is 0.455. The Morgan fingerprint density at radius 3 is 2.38 bits per heavy atom. The molecule has 0 radical (unpaired) electrons. The second kappa shape index (κ2) is 5.21. The first kappa shape index (κ1) is 12.8. The Kier molecular flexibility index (Phi) is 4.18. The summed E-state index contributed by atoms with van der Waals surface area (Å²) in [4.78, 5) is 0.220. The molecule has 0 unspecified atom stereocenters. The number of hydrogen-bond donors (Lipinski definition) is 0. The molecule has 0 aliphatic rings. The van der Waals surface area contributed by atoms with Crippen molar-refractivity contribution in [3.05, 3.63) is 18.2 Å². The number of hydrogen-bond acceptors (Lipinski definition) is 4. The number of ether oxygens (including phenoxy) is 2. The summed E-state index contributed by atoms with van der Waals surface area (Å²) in [5.41, 5.74) is 0. The third-order valence-electron chi connectivity index (χ3n) is 2.18. The lowest BCUT2D eigenvalue weighted by molar-refractivity contribution is 0.386. The van der Waals surface area contributed by atoms with Crippen LogP contribution in [0.4, 0.5) is 0 Å². The summed E-state index contributed by atoms with van der Waals surface area (Å²) >= 11 is 0. The number of benzene rings is 1. The van der Waals surface area contributed by atoms with Gasteiger partial charge in [0.15, 0.2) is 9.84 Å². The lowest BCUT2D eigenvalue weighted by Gasteiger charge is -2.10. The molecule has 1 aromatic carbocycles. The van der Waals surface area contributed by atoms with E-state index in [0.29, 0.717) is 17.9 Å². The summed E-state index contributed by atoms with van der Waals surface area (Å²) in [6.07, 6.45) is 0.581. The van der Waals surface area contributed by atoms with Crippen LogP contribution in [0.25, 0.3) is 0 Å². The van der Waals surface area contributed by atoms with Crippen molar-refractivity contribution in [3.63, 3.8) is 0 Å². The van der Waals surface area contributed by atoms with E-state index in [1.165, 1.54) is 20.3 Å². The van der Waals surface area contributed by atoms with Gasteiger partial charge in [-0.25, -0.2) is 8.42 Å². The number of rotatable bonds is 5. The maximum atomic E-state index is 11.9. The first-order valence-electron chi connectivity index (χ1n) is 5.00. The quantitative estimate of drug-likeness (QED) is 0.793. The predicted molar refractivity (Wildman–Crippen MR) is 61.9 cm³/mol. The normalized spacial score (nSPS) is 11.2. The molecule has 0 fully saturated rings. The third kappa shape index (κ3) is 2.66. The van der Waals surface area contributed by atoms with Gasteiger partial charge in [-0.15, -0.1) is 0 Å². The standard InChI is InChI=1S/C11H16O4S/c1-4-7-16(12,13)11-6-5-9(14-2)8-10(11)15-3/h5-6,8H,4,7H2,1-3H3. The highest BCUT2D eigenvalue weighted by molar-refractivity contribution is 7.91. The monoisotopic (exact) mass is 244 g/mol. The topological polar surface area (TPSA) is 52.6 Å². The second-order valence-electron chi connectivity index (χ2n) is 3.34. The molecule has 0 amide bonds. The van der Waals surface area contributed by atoms with Crippen LogP contribution in [0.3, 0.4) is 0 Å². The Morgan fingerprint density at radius 2 is 1.88 bits per heavy atom. The van der Waals surface area contributed by atoms with E-state index in [4.69, 9.17) is 9.47 Å². The van der Waals surface area contributed by atoms with E-state index >= 15 is 0 Å². The molecule has 4 nitrogen and oxygen atoms in total. The van der Waals surface area contributed by atoms with Gasteiger partial charge in [0, 0.05) is 6.07 Å². The van der Waals surface area contributed by atoms with E-state index in [0.717, 1.165) is 0 Å². The molecule has 5 heteroatoms. The van der Waals surface area contributed by atoms with Gasteiger partial charge in [-0.05, 0) is 18.6 Å². The Morgan fingerprint density at radius 1 is 1.19 bits per heavy atom. The van der Waals surface area contributed by atoms with Gasteiger partial charge >= 0.3 is 0 Å². The van der Waals surface area contributed by atoms with Gasteiger partial charge in [0.25, 0.3) is 0 Å². The minimum atomic E-state index is -3.26. The minimum Gasteiger partial charge on any atom is -0.497 e. The van der Waals surface area contributed by atoms with Crippen LogP contribution in [0.1, 0.15) is 13.3 Å². The summed E-state index contributed by atoms with van der Waals surface area (Å²) < 4.78 is 33.9. The molecule has 0 atom stereocenters. The molecule has 0 bridgehead atoms. The van der Waals surface area contributed by atoms with Crippen LogP contribution in [0, 0.1) is 0 Å². The summed E-state index contributed by atoms with van der Waals surface area (Å²) in [6.45, 7) is 1.83. The zero-order valence-corrected chi connectivity index (χ0v) is 10.5. The predicted octanol–water partition coefficient (Wildman–Crippen LogP) is 1.89. The molecular weight excluding hydrogens is 228 g/mol. The molecule has 0 aromatic heterocycles. The zero-order chi connectivity index (χ0) is 12.2. The molecule has 0 aliphatic heterocycles. The Hall–Kier alpha value is -1.23. The van der Waals surface area contributed by atoms with Crippen LogP contribution >= 0.6 is 0 Å². The van der Waals surface area contributed by atoms with Crippen molar-refractivity contribution in [2.45, 2.75) is 18.2 Å². The van der Waals surface area contributed by atoms with Gasteiger partial charge in [0.2, 0.25) is 0 Å². The van der Waals surface area contributed by atoms with Crippen LogP contribution in [0.15, 0.2) is 23.1 Å². The van der Waals surface area contributed by atoms with Crippen molar-refractivity contribution in [1.82, 2.24) is 0 Å². The minimum absolute atomic E-state index is 0.121. The van der Waals surface area contributed by atoms with Crippen LogP contribution in [-0.2, 0) is 9.84 Å². The van der Waals surface area contributed by atoms with Crippen LogP contribution in [-0.4, -0.2) is 28.4 Å². The molecule has 0 N–H and O–H groups in total. The zero-order valence-electron chi connectivity index (χ0n) is 9.69. The molecule has 1 aromatic rings. The average molecular weight is 244 g/mol. The van der Waals surface area contributed by atoms with E-state index in [1.54, 1.807) is 12.1 Å². The van der Waals surface area contributed by atoms with Gasteiger partial charge in [-0.1, -0.05) is 6.92 Å². The summed E-state index contributed by atoms with van der Waals surface area (Å²) in [5.74, 6) is 1.02. The summed E-state index contributed by atoms with van der Waals surface area (Å²) in [6, 6.07) is 4.70. The molecule has 0 saturated heterocycles. The molecule has 0 spiro atoms. The van der Waals surface area contributed by atoms with Crippen molar-refractivity contribution < 1.29 is 17.9 Å². The van der Waals surface area contributed by atoms with Gasteiger partial charge < -0.3 is 9.47 Å². The summed E-state index contributed by atoms with van der Waals surface area (Å²) in [7, 11) is -0.292. The molecule has 16 heavy (non-hydrogen) atoms. The number of sulfone groups is 1. The number of methoxy groups -OCH3 is 2. The highest BCUT2D eigenvalue weighted by Crippen LogP contribution is 2.29. The van der Waals surface area contributed by atoms with Crippen LogP contribution < -0.4 is 9.47 Å². The van der Waals surface area contributed by atoms with E-state index in [1.807, 2.05) is 6.92 Å². The fourth-order valence-corrected chi connectivity index (χ4v) is 2.89. The van der Waals surface area contributed by atoms with E-state index in [-0.39, 0.29) is 10.6 Å². The first-order chi connectivity index (χ1) is 7.55. The molecule has 0 heterocycles.